The van der Waals surface area contributed by atoms with E-state index in [2.05, 4.69) is 4.74 Å². The molecule has 90 valence electrons. The molecule has 3 N–H and O–H groups in total. The molecule has 1 aromatic carbocycles. The highest BCUT2D eigenvalue weighted by molar-refractivity contribution is 5.85. The zero-order valence-corrected chi connectivity index (χ0v) is 9.05. The number of nitrogens with two attached hydrogens (primary N) is 1. The van der Waals surface area contributed by atoms with Crippen LogP contribution in [0.15, 0.2) is 12.1 Å². The van der Waals surface area contributed by atoms with Crippen molar-refractivity contribution in [2.75, 3.05) is 7.11 Å². The van der Waals surface area contributed by atoms with Crippen molar-refractivity contribution < 1.29 is 23.4 Å². The van der Waals surface area contributed by atoms with Crippen molar-refractivity contribution in [3.63, 3.8) is 0 Å². The number of carbonyl (C=O) groups excluding carboxylic acids is 1. The van der Waals surface area contributed by atoms with Crippen molar-refractivity contribution in [1.29, 1.82) is 0 Å². The van der Waals surface area contributed by atoms with Gasteiger partial charge in [-0.1, -0.05) is 0 Å². The van der Waals surface area contributed by atoms with Gasteiger partial charge in [0.2, 0.25) is 0 Å². The normalized spacial score (nSPS) is 11.5. The highest BCUT2D eigenvalue weighted by atomic mass is 35.5. The molecule has 0 fully saturated rings. The molecule has 0 aromatic heterocycles. The molecule has 0 unspecified atom stereocenters. The second-order valence-electron chi connectivity index (χ2n) is 2.79. The minimum Gasteiger partial charge on any atom is -0.505 e. The molecule has 0 saturated carbocycles. The van der Waals surface area contributed by atoms with Gasteiger partial charge in [0, 0.05) is 0 Å². The Morgan fingerprint density at radius 3 is 2.44 bits per heavy atom. The number of phenolic OH excluding ortho intramolecular Hbond substituents is 1. The minimum absolute atomic E-state index is 0. The zero-order valence-electron chi connectivity index (χ0n) is 8.24. The third kappa shape index (κ3) is 2.59. The van der Waals surface area contributed by atoms with Crippen molar-refractivity contribution in [3.05, 3.63) is 29.3 Å². The van der Waals surface area contributed by atoms with E-state index in [1.165, 1.54) is 0 Å². The number of hydrogen-bond donors (Lipinski definition) is 2. The molecule has 0 radical (unpaired) electrons. The van der Waals surface area contributed by atoms with Crippen LogP contribution in [0.25, 0.3) is 0 Å². The Labute approximate surface area is 96.4 Å². The first-order chi connectivity index (χ1) is 6.99. The number of carbonyl (C=O) groups is 1. The molecule has 7 heteroatoms. The molecule has 1 atom stereocenters. The molecule has 4 nitrogen and oxygen atoms in total. The summed E-state index contributed by atoms with van der Waals surface area (Å²) in [4.78, 5) is 11.0. The van der Waals surface area contributed by atoms with Gasteiger partial charge in [-0.2, -0.15) is 0 Å². The van der Waals surface area contributed by atoms with E-state index in [0.717, 1.165) is 19.2 Å². The van der Waals surface area contributed by atoms with Gasteiger partial charge in [0.1, 0.15) is 11.9 Å². The molecular formula is C9H10ClF2NO3. The predicted molar refractivity (Wildman–Crippen MR) is 54.2 cm³/mol. The average Bonchev–Trinajstić information content (AvgIpc) is 2.22. The van der Waals surface area contributed by atoms with Gasteiger partial charge in [-0.3, -0.25) is 4.79 Å². The van der Waals surface area contributed by atoms with Crippen molar-refractivity contribution in [1.82, 2.24) is 0 Å². The van der Waals surface area contributed by atoms with Crippen LogP contribution in [0, 0.1) is 11.6 Å². The molecule has 1 rings (SSSR count). The van der Waals surface area contributed by atoms with E-state index in [0.29, 0.717) is 0 Å². The highest BCUT2D eigenvalue weighted by Gasteiger charge is 2.25. The number of aromatic hydroxyl groups is 1. The molecular weight excluding hydrogens is 244 g/mol. The van der Waals surface area contributed by atoms with E-state index < -0.39 is 35.0 Å². The molecule has 0 spiro atoms. The molecule has 0 heterocycles. The lowest BCUT2D eigenvalue weighted by molar-refractivity contribution is -0.142. The summed E-state index contributed by atoms with van der Waals surface area (Å²) < 4.78 is 30.3. The van der Waals surface area contributed by atoms with E-state index >= 15 is 0 Å². The Balaban J connectivity index is 0.00000225. The SMILES string of the molecule is COC(=O)[C@@H](N)c1c(F)ccc(F)c1O.Cl. The predicted octanol–water partition coefficient (Wildman–Crippen LogP) is 1.26. The summed E-state index contributed by atoms with van der Waals surface area (Å²) in [5, 5.41) is 9.19. The van der Waals surface area contributed by atoms with Crippen LogP contribution in [0.1, 0.15) is 11.6 Å². The number of esters is 1. The summed E-state index contributed by atoms with van der Waals surface area (Å²) in [6.45, 7) is 0. The average molecular weight is 254 g/mol. The molecule has 0 bridgehead atoms. The standard InChI is InChI=1S/C9H9F2NO3.ClH/c1-15-9(14)7(12)6-4(10)2-3-5(11)8(6)13;/h2-3,7,13H,12H2,1H3;1H/t7-;/m0./s1. The van der Waals surface area contributed by atoms with Gasteiger partial charge in [-0.15, -0.1) is 12.4 Å². The van der Waals surface area contributed by atoms with Crippen LogP contribution >= 0.6 is 12.4 Å². The topological polar surface area (TPSA) is 72.5 Å². The first-order valence-electron chi connectivity index (χ1n) is 3.99. The van der Waals surface area contributed by atoms with E-state index in [-0.39, 0.29) is 12.4 Å². The summed E-state index contributed by atoms with van der Waals surface area (Å²) in [5.41, 5.74) is 4.67. The van der Waals surface area contributed by atoms with Gasteiger partial charge < -0.3 is 15.6 Å². The summed E-state index contributed by atoms with van der Waals surface area (Å²) in [6.07, 6.45) is 0. The number of hydrogen-bond acceptors (Lipinski definition) is 4. The monoisotopic (exact) mass is 253 g/mol. The second-order valence-corrected chi connectivity index (χ2v) is 2.79. The maximum absolute atomic E-state index is 13.2. The van der Waals surface area contributed by atoms with Crippen LogP contribution in [-0.4, -0.2) is 18.2 Å². The van der Waals surface area contributed by atoms with Crippen molar-refractivity contribution in [3.8, 4) is 5.75 Å². The number of phenols is 1. The maximum atomic E-state index is 13.2. The van der Waals surface area contributed by atoms with Gasteiger partial charge in [0.25, 0.3) is 0 Å². The fourth-order valence-electron chi connectivity index (χ4n) is 1.10. The number of methoxy groups -OCH3 is 1. The molecule has 16 heavy (non-hydrogen) atoms. The quantitative estimate of drug-likeness (QED) is 0.779. The Kier molecular flexibility index (Phi) is 5.13. The van der Waals surface area contributed by atoms with Gasteiger partial charge in [-0.05, 0) is 12.1 Å². The maximum Gasteiger partial charge on any atom is 0.327 e. The first-order valence-corrected chi connectivity index (χ1v) is 3.99. The third-order valence-corrected chi connectivity index (χ3v) is 1.88. The molecule has 0 saturated heterocycles. The lowest BCUT2D eigenvalue weighted by atomic mass is 10.1. The van der Waals surface area contributed by atoms with E-state index in [1.54, 1.807) is 0 Å². The van der Waals surface area contributed by atoms with Crippen molar-refractivity contribution in [2.45, 2.75) is 6.04 Å². The molecule has 0 amide bonds. The summed E-state index contributed by atoms with van der Waals surface area (Å²) in [7, 11) is 1.05. The smallest absolute Gasteiger partial charge is 0.327 e. The van der Waals surface area contributed by atoms with Crippen LogP contribution < -0.4 is 5.73 Å². The van der Waals surface area contributed by atoms with Crippen LogP contribution in [0.3, 0.4) is 0 Å². The van der Waals surface area contributed by atoms with Gasteiger partial charge in [0.15, 0.2) is 11.6 Å². The van der Waals surface area contributed by atoms with Gasteiger partial charge in [0.05, 0.1) is 12.7 Å². The first kappa shape index (κ1) is 14.6. The number of ether oxygens (including phenoxy) is 1. The van der Waals surface area contributed by atoms with Crippen LogP contribution in [0.4, 0.5) is 8.78 Å². The van der Waals surface area contributed by atoms with Gasteiger partial charge >= 0.3 is 5.97 Å². The minimum atomic E-state index is -1.55. The molecule has 0 aliphatic carbocycles. The fourth-order valence-corrected chi connectivity index (χ4v) is 1.10. The van der Waals surface area contributed by atoms with E-state index in [4.69, 9.17) is 5.73 Å². The Hall–Kier alpha value is -1.40. The number of rotatable bonds is 2. The van der Waals surface area contributed by atoms with Crippen LogP contribution in [-0.2, 0) is 9.53 Å². The Bertz CT molecular complexity index is 401. The van der Waals surface area contributed by atoms with Gasteiger partial charge in [-0.25, -0.2) is 8.78 Å². The lowest BCUT2D eigenvalue weighted by Crippen LogP contribution is -2.24. The highest BCUT2D eigenvalue weighted by Crippen LogP contribution is 2.28. The Morgan fingerprint density at radius 2 is 1.94 bits per heavy atom. The summed E-state index contributed by atoms with van der Waals surface area (Å²) in [6, 6.07) is -0.0450. The van der Waals surface area contributed by atoms with Crippen LogP contribution in [0.2, 0.25) is 0 Å². The van der Waals surface area contributed by atoms with Crippen molar-refractivity contribution >= 4 is 18.4 Å². The summed E-state index contributed by atoms with van der Waals surface area (Å²) >= 11 is 0. The van der Waals surface area contributed by atoms with Crippen LogP contribution in [0.5, 0.6) is 5.75 Å². The number of halogens is 3. The van der Waals surface area contributed by atoms with E-state index in [1.807, 2.05) is 0 Å². The second kappa shape index (κ2) is 5.62. The van der Waals surface area contributed by atoms with Crippen molar-refractivity contribution in [2.24, 2.45) is 5.73 Å². The summed E-state index contributed by atoms with van der Waals surface area (Å²) in [5.74, 6) is -3.96. The molecule has 0 aliphatic rings. The Morgan fingerprint density at radius 1 is 1.44 bits per heavy atom. The zero-order chi connectivity index (χ0) is 11.6. The lowest BCUT2D eigenvalue weighted by Gasteiger charge is -2.12. The van der Waals surface area contributed by atoms with E-state index in [9.17, 15) is 18.7 Å². The number of benzene rings is 1. The molecule has 1 aromatic rings. The third-order valence-electron chi connectivity index (χ3n) is 1.88. The largest absolute Gasteiger partial charge is 0.505 e. The fraction of sp³-hybridized carbons (Fsp3) is 0.222. The molecule has 0 aliphatic heterocycles.